The van der Waals surface area contributed by atoms with Crippen LogP contribution in [0.3, 0.4) is 0 Å². The van der Waals surface area contributed by atoms with E-state index in [4.69, 9.17) is 9.47 Å². The monoisotopic (exact) mass is 595 g/mol. The third-order valence-electron chi connectivity index (χ3n) is 6.41. The fraction of sp³-hybridized carbons (Fsp3) is 0.147. The van der Waals surface area contributed by atoms with Crippen molar-refractivity contribution >= 4 is 46.9 Å². The maximum atomic E-state index is 13.4. The van der Waals surface area contributed by atoms with E-state index in [1.54, 1.807) is 60.7 Å². The molecule has 0 aliphatic rings. The lowest BCUT2D eigenvalue weighted by molar-refractivity contribution is -0.114. The highest BCUT2D eigenvalue weighted by Gasteiger charge is 2.17. The molecular formula is C34H33N3O5S. The normalized spacial score (nSPS) is 10.9. The number of nitrogens with one attached hydrogen (secondary N) is 3. The third-order valence-corrected chi connectivity index (χ3v) is 7.42. The molecule has 0 bridgehead atoms. The molecule has 0 saturated heterocycles. The van der Waals surface area contributed by atoms with E-state index in [1.807, 2.05) is 44.2 Å². The first-order chi connectivity index (χ1) is 20.8. The molecule has 220 valence electrons. The Hall–Kier alpha value is -5.02. The van der Waals surface area contributed by atoms with Gasteiger partial charge in [-0.05, 0) is 79.6 Å². The van der Waals surface area contributed by atoms with Crippen LogP contribution in [0, 0.1) is 13.8 Å². The first kappa shape index (κ1) is 30.9. The van der Waals surface area contributed by atoms with Gasteiger partial charge in [0, 0.05) is 27.4 Å². The first-order valence-corrected chi connectivity index (χ1v) is 14.5. The van der Waals surface area contributed by atoms with Crippen molar-refractivity contribution in [1.82, 2.24) is 5.32 Å². The van der Waals surface area contributed by atoms with Gasteiger partial charge in [0.2, 0.25) is 5.91 Å². The lowest BCUT2D eigenvalue weighted by Gasteiger charge is -2.14. The van der Waals surface area contributed by atoms with Crippen molar-refractivity contribution in [3.63, 3.8) is 0 Å². The Morgan fingerprint density at radius 3 is 2.26 bits per heavy atom. The number of rotatable bonds is 11. The molecule has 4 aromatic carbocycles. The van der Waals surface area contributed by atoms with E-state index in [9.17, 15) is 14.4 Å². The Bertz CT molecular complexity index is 1640. The number of anilines is 2. The van der Waals surface area contributed by atoms with Crippen LogP contribution in [0.4, 0.5) is 11.4 Å². The maximum Gasteiger partial charge on any atom is 0.272 e. The minimum absolute atomic E-state index is 0.0157. The number of ether oxygens (including phenoxy) is 2. The van der Waals surface area contributed by atoms with Crippen molar-refractivity contribution in [2.24, 2.45) is 0 Å². The molecule has 0 spiro atoms. The molecule has 3 N–H and O–H groups in total. The molecule has 0 aromatic heterocycles. The fourth-order valence-electron chi connectivity index (χ4n) is 4.16. The summed E-state index contributed by atoms with van der Waals surface area (Å²) >= 11 is 1.39. The predicted molar refractivity (Wildman–Crippen MR) is 172 cm³/mol. The van der Waals surface area contributed by atoms with E-state index in [0.29, 0.717) is 28.3 Å². The zero-order chi connectivity index (χ0) is 30.8. The first-order valence-electron chi connectivity index (χ1n) is 13.5. The second-order valence-corrected chi connectivity index (χ2v) is 10.6. The highest BCUT2D eigenvalue weighted by atomic mass is 32.2. The second-order valence-electron chi connectivity index (χ2n) is 9.59. The molecule has 0 atom stereocenters. The van der Waals surface area contributed by atoms with Gasteiger partial charge in [-0.25, -0.2) is 0 Å². The van der Waals surface area contributed by atoms with Gasteiger partial charge in [-0.1, -0.05) is 42.5 Å². The zero-order valence-corrected chi connectivity index (χ0v) is 25.2. The number of amides is 3. The summed E-state index contributed by atoms with van der Waals surface area (Å²) < 4.78 is 10.9. The van der Waals surface area contributed by atoms with Crippen LogP contribution in [-0.4, -0.2) is 37.7 Å². The average molecular weight is 596 g/mol. The summed E-state index contributed by atoms with van der Waals surface area (Å²) in [5, 5.41) is 8.53. The Morgan fingerprint density at radius 1 is 0.814 bits per heavy atom. The average Bonchev–Trinajstić information content (AvgIpc) is 3.02. The molecule has 0 heterocycles. The van der Waals surface area contributed by atoms with Gasteiger partial charge in [0.05, 0.1) is 20.0 Å². The Morgan fingerprint density at radius 2 is 1.56 bits per heavy atom. The number of methoxy groups -OCH3 is 2. The van der Waals surface area contributed by atoms with Crippen LogP contribution in [0.15, 0.2) is 102 Å². The Kier molecular flexibility index (Phi) is 10.6. The molecule has 8 nitrogen and oxygen atoms in total. The zero-order valence-electron chi connectivity index (χ0n) is 24.4. The van der Waals surface area contributed by atoms with Gasteiger partial charge in [-0.15, -0.1) is 11.8 Å². The second kappa shape index (κ2) is 14.7. The van der Waals surface area contributed by atoms with Gasteiger partial charge < -0.3 is 25.4 Å². The van der Waals surface area contributed by atoms with Crippen LogP contribution >= 0.6 is 11.8 Å². The van der Waals surface area contributed by atoms with E-state index in [-0.39, 0.29) is 17.4 Å². The van der Waals surface area contributed by atoms with E-state index >= 15 is 0 Å². The van der Waals surface area contributed by atoms with Crippen molar-refractivity contribution in [2.75, 3.05) is 30.6 Å². The summed E-state index contributed by atoms with van der Waals surface area (Å²) in [6.07, 6.45) is 1.54. The van der Waals surface area contributed by atoms with Crippen LogP contribution in [0.2, 0.25) is 0 Å². The molecule has 0 aliphatic heterocycles. The van der Waals surface area contributed by atoms with Crippen molar-refractivity contribution in [1.29, 1.82) is 0 Å². The molecule has 0 radical (unpaired) electrons. The molecule has 43 heavy (non-hydrogen) atoms. The van der Waals surface area contributed by atoms with Crippen LogP contribution in [0.5, 0.6) is 11.5 Å². The lowest BCUT2D eigenvalue weighted by atomic mass is 10.1. The number of para-hydroxylation sites is 1. The SMILES string of the molecule is COc1cccc(/C=C(\NC(=O)c2ccccc2)C(=O)Nc2ccc(SCC(=O)Nc3cc(C)ccc3C)cc2)c1OC. The largest absolute Gasteiger partial charge is 0.493 e. The predicted octanol–water partition coefficient (Wildman–Crippen LogP) is 6.46. The van der Waals surface area contributed by atoms with Crippen molar-refractivity contribution in [2.45, 2.75) is 18.7 Å². The van der Waals surface area contributed by atoms with Crippen LogP contribution in [-0.2, 0) is 9.59 Å². The number of hydrogen-bond acceptors (Lipinski definition) is 6. The topological polar surface area (TPSA) is 106 Å². The smallest absolute Gasteiger partial charge is 0.272 e. The minimum Gasteiger partial charge on any atom is -0.493 e. The minimum atomic E-state index is -0.526. The fourth-order valence-corrected chi connectivity index (χ4v) is 4.86. The number of carbonyl (C=O) groups is 3. The third kappa shape index (κ3) is 8.50. The molecule has 0 unspecified atom stereocenters. The molecule has 0 saturated carbocycles. The van der Waals surface area contributed by atoms with Gasteiger partial charge in [-0.3, -0.25) is 14.4 Å². The number of benzene rings is 4. The van der Waals surface area contributed by atoms with Crippen LogP contribution in [0.25, 0.3) is 6.08 Å². The summed E-state index contributed by atoms with van der Waals surface area (Å²) in [6, 6.07) is 26.9. The summed E-state index contributed by atoms with van der Waals surface area (Å²) in [5.74, 6) is 0.0819. The molecule has 9 heteroatoms. The van der Waals surface area contributed by atoms with Gasteiger partial charge in [0.1, 0.15) is 5.70 Å². The van der Waals surface area contributed by atoms with Crippen molar-refractivity contribution < 1.29 is 23.9 Å². The van der Waals surface area contributed by atoms with E-state index < -0.39 is 11.8 Å². The highest BCUT2D eigenvalue weighted by molar-refractivity contribution is 8.00. The van der Waals surface area contributed by atoms with Crippen molar-refractivity contribution in [3.8, 4) is 11.5 Å². The van der Waals surface area contributed by atoms with Crippen LogP contribution < -0.4 is 25.4 Å². The maximum absolute atomic E-state index is 13.4. The quantitative estimate of drug-likeness (QED) is 0.136. The number of carbonyl (C=O) groups excluding carboxylic acids is 3. The summed E-state index contributed by atoms with van der Waals surface area (Å²) in [7, 11) is 3.03. The van der Waals surface area contributed by atoms with E-state index in [0.717, 1.165) is 21.7 Å². The molecule has 4 rings (SSSR count). The number of thioether (sulfide) groups is 1. The van der Waals surface area contributed by atoms with Gasteiger partial charge in [0.15, 0.2) is 11.5 Å². The van der Waals surface area contributed by atoms with E-state index in [1.165, 1.54) is 32.1 Å². The highest BCUT2D eigenvalue weighted by Crippen LogP contribution is 2.32. The van der Waals surface area contributed by atoms with Crippen molar-refractivity contribution in [3.05, 3.63) is 119 Å². The molecule has 4 aromatic rings. The number of aryl methyl sites for hydroxylation is 2. The van der Waals surface area contributed by atoms with Crippen LogP contribution in [0.1, 0.15) is 27.0 Å². The molecule has 0 fully saturated rings. The molecule has 3 amide bonds. The van der Waals surface area contributed by atoms with Gasteiger partial charge >= 0.3 is 0 Å². The summed E-state index contributed by atoms with van der Waals surface area (Å²) in [5.41, 5.74) is 4.37. The lowest BCUT2D eigenvalue weighted by Crippen LogP contribution is -2.30. The summed E-state index contributed by atoms with van der Waals surface area (Å²) in [6.45, 7) is 3.94. The standard InChI is InChI=1S/C34H33N3O5S/c1-22-13-14-23(2)28(19-22)36-31(38)21-43-27-17-15-26(16-18-27)35-34(40)29(37-33(39)24-9-6-5-7-10-24)20-25-11-8-12-30(41-3)32(25)42-4/h5-20H,21H2,1-4H3,(H,35,40)(H,36,38)(H,37,39)/b29-20-. The summed E-state index contributed by atoms with van der Waals surface area (Å²) in [4.78, 5) is 39.8. The van der Waals surface area contributed by atoms with Gasteiger partial charge in [0.25, 0.3) is 11.8 Å². The van der Waals surface area contributed by atoms with Gasteiger partial charge in [-0.2, -0.15) is 0 Å². The molecular weight excluding hydrogens is 562 g/mol. The molecule has 0 aliphatic carbocycles. The Labute approximate surface area is 255 Å². The van der Waals surface area contributed by atoms with E-state index in [2.05, 4.69) is 16.0 Å². The number of hydrogen-bond donors (Lipinski definition) is 3. The Balaban J connectivity index is 1.47.